The first-order valence-electron chi connectivity index (χ1n) is 7.42. The van der Waals surface area contributed by atoms with E-state index in [2.05, 4.69) is 67.6 Å². The van der Waals surface area contributed by atoms with E-state index in [4.69, 9.17) is 0 Å². The van der Waals surface area contributed by atoms with Crippen molar-refractivity contribution in [1.82, 2.24) is 0 Å². The van der Waals surface area contributed by atoms with Crippen molar-refractivity contribution in [3.63, 3.8) is 0 Å². The van der Waals surface area contributed by atoms with E-state index < -0.39 is 0 Å². The molecule has 0 saturated heterocycles. The van der Waals surface area contributed by atoms with Crippen molar-refractivity contribution in [2.75, 3.05) is 0 Å². The molecule has 0 atom stereocenters. The summed E-state index contributed by atoms with van der Waals surface area (Å²) < 4.78 is 0. The van der Waals surface area contributed by atoms with Crippen molar-refractivity contribution in [3.8, 4) is 0 Å². The Morgan fingerprint density at radius 1 is 0.737 bits per heavy atom. The van der Waals surface area contributed by atoms with Crippen LogP contribution < -0.4 is 0 Å². The molecule has 3 rings (SSSR count). The zero-order chi connectivity index (χ0) is 13.1. The Morgan fingerprint density at radius 3 is 1.58 bits per heavy atom. The maximum atomic E-state index is 2.39. The van der Waals surface area contributed by atoms with Gasteiger partial charge in [0.25, 0.3) is 0 Å². The second-order valence-electron chi connectivity index (χ2n) is 6.00. The van der Waals surface area contributed by atoms with E-state index in [1.807, 2.05) is 0 Å². The molecule has 0 heterocycles. The Kier molecular flexibility index (Phi) is 3.42. The van der Waals surface area contributed by atoms with Gasteiger partial charge in [-0.25, -0.2) is 0 Å². The number of benzene rings is 2. The summed E-state index contributed by atoms with van der Waals surface area (Å²) in [6, 6.07) is 22.2. The summed E-state index contributed by atoms with van der Waals surface area (Å²) in [6.07, 6.45) is 5.23. The number of hydrogen-bond donors (Lipinski definition) is 0. The summed E-state index contributed by atoms with van der Waals surface area (Å²) in [4.78, 5) is 0. The van der Waals surface area contributed by atoms with Gasteiger partial charge in [0.05, 0.1) is 0 Å². The molecule has 19 heavy (non-hydrogen) atoms. The Labute approximate surface area is 116 Å². The standard InChI is InChI=1S/C19H22/c1-16-12-14-19(15-13-16,17-8-4-2-5-9-17)18-10-6-3-7-11-18/h2-11,16H,12-15H2,1H3. The van der Waals surface area contributed by atoms with E-state index >= 15 is 0 Å². The third-order valence-electron chi connectivity index (χ3n) is 4.78. The van der Waals surface area contributed by atoms with Gasteiger partial charge in [-0.05, 0) is 42.7 Å². The van der Waals surface area contributed by atoms with Crippen molar-refractivity contribution in [2.24, 2.45) is 5.92 Å². The van der Waals surface area contributed by atoms with E-state index in [1.54, 1.807) is 0 Å². The van der Waals surface area contributed by atoms with E-state index in [-0.39, 0.29) is 5.41 Å². The molecule has 98 valence electrons. The predicted octanol–water partition coefficient (Wildman–Crippen LogP) is 5.18. The van der Waals surface area contributed by atoms with E-state index in [0.717, 1.165) is 5.92 Å². The molecule has 0 spiro atoms. The van der Waals surface area contributed by atoms with Crippen LogP contribution in [0.25, 0.3) is 0 Å². The smallest absolute Gasteiger partial charge is 0.0203 e. The lowest BCUT2D eigenvalue weighted by molar-refractivity contribution is 0.280. The van der Waals surface area contributed by atoms with Gasteiger partial charge in [0, 0.05) is 5.41 Å². The van der Waals surface area contributed by atoms with Gasteiger partial charge in [0.1, 0.15) is 0 Å². The molecular weight excluding hydrogens is 228 g/mol. The van der Waals surface area contributed by atoms with Crippen molar-refractivity contribution in [3.05, 3.63) is 71.8 Å². The second kappa shape index (κ2) is 5.21. The highest BCUT2D eigenvalue weighted by molar-refractivity contribution is 5.39. The summed E-state index contributed by atoms with van der Waals surface area (Å²) in [5, 5.41) is 0. The largest absolute Gasteiger partial charge is 0.0625 e. The van der Waals surface area contributed by atoms with Crippen LogP contribution in [0, 0.1) is 5.92 Å². The molecule has 2 aromatic rings. The van der Waals surface area contributed by atoms with Crippen molar-refractivity contribution in [1.29, 1.82) is 0 Å². The molecule has 0 radical (unpaired) electrons. The van der Waals surface area contributed by atoms with Crippen LogP contribution in [0.5, 0.6) is 0 Å². The van der Waals surface area contributed by atoms with E-state index in [9.17, 15) is 0 Å². The first kappa shape index (κ1) is 12.5. The van der Waals surface area contributed by atoms with Gasteiger partial charge in [-0.3, -0.25) is 0 Å². The van der Waals surface area contributed by atoms with Crippen LogP contribution in [-0.2, 0) is 5.41 Å². The molecule has 2 aromatic carbocycles. The molecule has 1 aliphatic rings. The molecule has 1 fully saturated rings. The lowest BCUT2D eigenvalue weighted by Gasteiger charge is -2.40. The fraction of sp³-hybridized carbons (Fsp3) is 0.368. The van der Waals surface area contributed by atoms with Crippen LogP contribution >= 0.6 is 0 Å². The van der Waals surface area contributed by atoms with Gasteiger partial charge in [0.2, 0.25) is 0 Å². The predicted molar refractivity (Wildman–Crippen MR) is 81.3 cm³/mol. The summed E-state index contributed by atoms with van der Waals surface area (Å²) >= 11 is 0. The molecule has 0 heteroatoms. The average molecular weight is 250 g/mol. The molecule has 0 nitrogen and oxygen atoms in total. The first-order valence-corrected chi connectivity index (χ1v) is 7.42. The minimum atomic E-state index is 0.245. The topological polar surface area (TPSA) is 0 Å². The third-order valence-corrected chi connectivity index (χ3v) is 4.78. The van der Waals surface area contributed by atoms with Gasteiger partial charge in [0.15, 0.2) is 0 Å². The van der Waals surface area contributed by atoms with Gasteiger partial charge in [-0.2, -0.15) is 0 Å². The van der Waals surface area contributed by atoms with Gasteiger partial charge in [-0.1, -0.05) is 67.6 Å². The van der Waals surface area contributed by atoms with Crippen molar-refractivity contribution in [2.45, 2.75) is 38.0 Å². The fourth-order valence-electron chi connectivity index (χ4n) is 3.51. The van der Waals surface area contributed by atoms with Gasteiger partial charge >= 0.3 is 0 Å². The summed E-state index contributed by atoms with van der Waals surface area (Å²) in [5.74, 6) is 0.876. The van der Waals surface area contributed by atoms with E-state index in [1.165, 1.54) is 36.8 Å². The highest BCUT2D eigenvalue weighted by atomic mass is 14.4. The molecule has 0 aromatic heterocycles. The highest BCUT2D eigenvalue weighted by Gasteiger charge is 2.36. The highest BCUT2D eigenvalue weighted by Crippen LogP contribution is 2.46. The van der Waals surface area contributed by atoms with Crippen molar-refractivity contribution < 1.29 is 0 Å². The normalized spacial score (nSPS) is 19.2. The number of rotatable bonds is 2. The lowest BCUT2D eigenvalue weighted by Crippen LogP contribution is -2.32. The molecule has 1 aliphatic carbocycles. The Morgan fingerprint density at radius 2 is 1.16 bits per heavy atom. The molecule has 1 saturated carbocycles. The van der Waals surface area contributed by atoms with Crippen molar-refractivity contribution >= 4 is 0 Å². The fourth-order valence-corrected chi connectivity index (χ4v) is 3.51. The molecule has 0 bridgehead atoms. The van der Waals surface area contributed by atoms with Crippen LogP contribution in [0.15, 0.2) is 60.7 Å². The van der Waals surface area contributed by atoms with E-state index in [0.29, 0.717) is 0 Å². The maximum absolute atomic E-state index is 2.39. The molecule has 0 N–H and O–H groups in total. The Bertz CT molecular complexity index is 463. The monoisotopic (exact) mass is 250 g/mol. The number of hydrogen-bond acceptors (Lipinski definition) is 0. The average Bonchev–Trinajstić information content (AvgIpc) is 2.50. The van der Waals surface area contributed by atoms with Crippen LogP contribution in [-0.4, -0.2) is 0 Å². The minimum Gasteiger partial charge on any atom is -0.0625 e. The zero-order valence-electron chi connectivity index (χ0n) is 11.7. The lowest BCUT2D eigenvalue weighted by atomic mass is 9.63. The molecule has 0 aliphatic heterocycles. The SMILES string of the molecule is CC1CCC(c2ccccc2)(c2ccccc2)CC1. The zero-order valence-corrected chi connectivity index (χ0v) is 11.7. The van der Waals surface area contributed by atoms with Crippen LogP contribution in [0.2, 0.25) is 0 Å². The van der Waals surface area contributed by atoms with Crippen LogP contribution in [0.1, 0.15) is 43.7 Å². The van der Waals surface area contributed by atoms with Crippen LogP contribution in [0.4, 0.5) is 0 Å². The van der Waals surface area contributed by atoms with Gasteiger partial charge in [-0.15, -0.1) is 0 Å². The summed E-state index contributed by atoms with van der Waals surface area (Å²) in [7, 11) is 0. The molecule has 0 unspecified atom stereocenters. The summed E-state index contributed by atoms with van der Waals surface area (Å²) in [6.45, 7) is 2.39. The molecule has 0 amide bonds. The Balaban J connectivity index is 2.06. The third kappa shape index (κ3) is 2.32. The quantitative estimate of drug-likeness (QED) is 0.688. The first-order chi connectivity index (χ1) is 9.31. The maximum Gasteiger partial charge on any atom is 0.0203 e. The molecular formula is C19H22. The Hall–Kier alpha value is -1.56. The second-order valence-corrected chi connectivity index (χ2v) is 6.00. The van der Waals surface area contributed by atoms with Crippen LogP contribution in [0.3, 0.4) is 0 Å². The summed E-state index contributed by atoms with van der Waals surface area (Å²) in [5.41, 5.74) is 3.23. The minimum absolute atomic E-state index is 0.245. The van der Waals surface area contributed by atoms with Gasteiger partial charge < -0.3 is 0 Å².